The van der Waals surface area contributed by atoms with E-state index in [0.717, 1.165) is 26.7 Å². The van der Waals surface area contributed by atoms with Gasteiger partial charge in [0.15, 0.2) is 0 Å². The van der Waals surface area contributed by atoms with E-state index in [1.54, 1.807) is 6.92 Å². The topological polar surface area (TPSA) is 310 Å². The van der Waals surface area contributed by atoms with Crippen molar-refractivity contribution >= 4 is 39.6 Å². The largest absolute Gasteiger partial charge is 0.480 e. The molecule has 0 spiro atoms. The summed E-state index contributed by atoms with van der Waals surface area (Å²) in [6.45, 7) is 1.78. The van der Waals surface area contributed by atoms with E-state index < -0.39 is 27.7 Å². The van der Waals surface area contributed by atoms with Crippen LogP contribution in [-0.2, 0) is 14.8 Å². The second-order valence-corrected chi connectivity index (χ2v) is 7.48. The molecule has 0 saturated heterocycles. The average molecular weight is 454 g/mol. The van der Waals surface area contributed by atoms with Crippen molar-refractivity contribution in [1.29, 1.82) is 0 Å². The Bertz CT molecular complexity index is 819. The molecule has 1 aliphatic rings. The van der Waals surface area contributed by atoms with E-state index in [-0.39, 0.29) is 39.1 Å². The Balaban J connectivity index is -0.000000576. The maximum atomic E-state index is 12.0. The molecule has 16 nitrogen and oxygen atoms in total. The van der Waals surface area contributed by atoms with E-state index in [0.29, 0.717) is 12.1 Å². The van der Waals surface area contributed by atoms with Crippen molar-refractivity contribution < 1.29 is 45.7 Å². The monoisotopic (exact) mass is 454 g/mol. The highest BCUT2D eigenvalue weighted by molar-refractivity contribution is 7.97. The normalized spacial score (nSPS) is 12.8. The third-order valence-corrected chi connectivity index (χ3v) is 4.89. The minimum absolute atomic E-state index is 0. The summed E-state index contributed by atoms with van der Waals surface area (Å²) in [6.07, 6.45) is 2.76. The number of aliphatic carboxylic acids is 1. The Labute approximate surface area is 163 Å². The van der Waals surface area contributed by atoms with Crippen LogP contribution >= 0.6 is 11.9 Å². The molecule has 1 unspecified atom stereocenters. The molecule has 0 radical (unpaired) electrons. The van der Waals surface area contributed by atoms with E-state index in [1.165, 1.54) is 10.9 Å². The molecule has 0 bridgehead atoms. The van der Waals surface area contributed by atoms with Crippen LogP contribution in [0.25, 0.3) is 5.70 Å². The van der Waals surface area contributed by atoms with Crippen LogP contribution in [-0.4, -0.2) is 83.1 Å². The number of allylic oxidation sites excluding steroid dienone is 1. The van der Waals surface area contributed by atoms with E-state index in [2.05, 4.69) is 10.4 Å². The third kappa shape index (κ3) is 6.76. The number of hydrogen-bond donors (Lipinski definition) is 3. The van der Waals surface area contributed by atoms with Crippen molar-refractivity contribution in [2.75, 3.05) is 17.4 Å². The summed E-state index contributed by atoms with van der Waals surface area (Å²) in [5, 5.41) is 8.80. The van der Waals surface area contributed by atoms with Crippen LogP contribution in [0.5, 0.6) is 0 Å². The lowest BCUT2D eigenvalue weighted by Crippen LogP contribution is -2.36. The van der Waals surface area contributed by atoms with Gasteiger partial charge in [-0.15, -0.1) is 0 Å². The van der Waals surface area contributed by atoms with Crippen molar-refractivity contribution in [2.45, 2.75) is 19.4 Å². The van der Waals surface area contributed by atoms with Gasteiger partial charge in [0.2, 0.25) is 16.0 Å². The molecular formula is C10H26N6O10S2. The van der Waals surface area contributed by atoms with Crippen LogP contribution in [0.3, 0.4) is 0 Å². The first-order chi connectivity index (χ1) is 10.6. The van der Waals surface area contributed by atoms with Crippen molar-refractivity contribution in [2.24, 2.45) is 5.73 Å². The molecule has 168 valence electrons. The minimum atomic E-state index is -3.58. The van der Waals surface area contributed by atoms with Crippen LogP contribution in [0, 0.1) is 0 Å². The van der Waals surface area contributed by atoms with E-state index in [4.69, 9.17) is 10.8 Å². The van der Waals surface area contributed by atoms with Gasteiger partial charge in [-0.3, -0.25) is 10.2 Å². The molecule has 0 fully saturated rings. The highest BCUT2D eigenvalue weighted by Gasteiger charge is 2.27. The average Bonchev–Trinajstić information content (AvgIpc) is 2.78. The number of aromatic nitrogens is 3. The zero-order valence-corrected chi connectivity index (χ0v) is 16.5. The van der Waals surface area contributed by atoms with Gasteiger partial charge in [-0.2, -0.15) is 13.5 Å². The Morgan fingerprint density at radius 2 is 1.86 bits per heavy atom. The summed E-state index contributed by atoms with van der Waals surface area (Å²) in [6, 6.07) is -1.14. The molecule has 1 aromatic heterocycles. The number of carboxylic acids is 1. The van der Waals surface area contributed by atoms with Crippen molar-refractivity contribution in [1.82, 2.24) is 18.2 Å². The lowest BCUT2D eigenvalue weighted by molar-refractivity contribution is -0.137. The van der Waals surface area contributed by atoms with E-state index in [1.807, 2.05) is 0 Å². The number of nitrogens with two attached hydrogens (primary N) is 1. The van der Waals surface area contributed by atoms with Crippen LogP contribution in [0.1, 0.15) is 13.3 Å². The molecular weight excluding hydrogens is 428 g/mol. The lowest BCUT2D eigenvalue weighted by atomic mass is 10.3. The zero-order chi connectivity index (χ0) is 17.4. The number of nitrogens with one attached hydrogen (secondary N) is 1. The van der Waals surface area contributed by atoms with E-state index in [9.17, 15) is 18.0 Å². The third-order valence-electron chi connectivity index (χ3n) is 2.91. The Hall–Kier alpha value is -2.19. The maximum absolute atomic E-state index is 12.0. The summed E-state index contributed by atoms with van der Waals surface area (Å²) >= 11 is 0.883. The highest BCUT2D eigenvalue weighted by atomic mass is 32.2. The summed E-state index contributed by atoms with van der Waals surface area (Å²) < 4.78 is 26.7. The molecule has 1 atom stereocenters. The lowest BCUT2D eigenvalue weighted by Gasteiger charge is -2.27. The summed E-state index contributed by atoms with van der Waals surface area (Å²) in [4.78, 5) is 26.5. The van der Waals surface area contributed by atoms with Crippen LogP contribution in [0.15, 0.2) is 11.0 Å². The van der Waals surface area contributed by atoms with Crippen LogP contribution < -0.4 is 16.8 Å². The van der Waals surface area contributed by atoms with Crippen molar-refractivity contribution in [3.63, 3.8) is 0 Å². The van der Waals surface area contributed by atoms with Gasteiger partial charge in [0, 0.05) is 5.75 Å². The number of fused-ring (bicyclic) bond motifs is 1. The first kappa shape index (κ1) is 33.4. The van der Waals surface area contributed by atoms with Gasteiger partial charge in [0.1, 0.15) is 6.04 Å². The van der Waals surface area contributed by atoms with Gasteiger partial charge in [0.05, 0.1) is 18.2 Å². The van der Waals surface area contributed by atoms with Crippen LogP contribution in [0.2, 0.25) is 0 Å². The summed E-state index contributed by atoms with van der Waals surface area (Å²) in [5.74, 6) is -1.21. The number of sulfonamides is 1. The van der Waals surface area contributed by atoms with Gasteiger partial charge in [-0.25, -0.2) is 17.9 Å². The smallest absolute Gasteiger partial charge is 0.376 e. The number of carbonyl (C=O) groups is 1. The molecule has 0 amide bonds. The molecule has 2 rings (SSSR count). The molecule has 0 aromatic carbocycles. The second kappa shape index (κ2) is 12.3. The fraction of sp³-hybridized carbons (Fsp3) is 0.500. The zero-order valence-electron chi connectivity index (χ0n) is 14.8. The predicted octanol–water partition coefficient (Wildman–Crippen LogP) is -5.36. The summed E-state index contributed by atoms with van der Waals surface area (Å²) in [5.41, 5.74) is 7.77. The molecule has 28 heavy (non-hydrogen) atoms. The number of rotatable bonds is 6. The van der Waals surface area contributed by atoms with Gasteiger partial charge < -0.3 is 38.2 Å². The Kier molecular flexibility index (Phi) is 14.7. The molecule has 0 aliphatic carbocycles. The quantitative estimate of drug-likeness (QED) is 0.368. The van der Waals surface area contributed by atoms with Gasteiger partial charge in [-0.05, 0) is 18.4 Å². The van der Waals surface area contributed by atoms with Crippen LogP contribution in [0.4, 0.5) is 5.95 Å². The van der Waals surface area contributed by atoms with Gasteiger partial charge in [-0.1, -0.05) is 6.92 Å². The van der Waals surface area contributed by atoms with Gasteiger partial charge in [0.25, 0.3) is 0 Å². The molecule has 14 N–H and O–H groups in total. The maximum Gasteiger partial charge on any atom is 0.376 e. The number of hydrogen-bond acceptors (Lipinski definition) is 8. The number of hydrazine groups is 1. The van der Waals surface area contributed by atoms with Gasteiger partial charge >= 0.3 is 11.7 Å². The second-order valence-electron chi connectivity index (χ2n) is 4.69. The number of nitrogens with zero attached hydrogens (tertiary/aromatic N) is 4. The fourth-order valence-corrected chi connectivity index (χ4v) is 3.21. The first-order valence-electron chi connectivity index (χ1n) is 6.46. The minimum Gasteiger partial charge on any atom is -0.480 e. The standard InChI is InChI=1S/C10H16N6O5S2.5H2O/c1-3-6-4-14(23(2,20)21)13-9-12-10(19)16(15(6)9)22-5-7(11)8(17)18;;;;;/h4,7H,3,5,11H2,1-2H3,(H,17,18)(H,12,13,19);5*1H2. The molecule has 1 aromatic rings. The van der Waals surface area contributed by atoms with Crippen molar-refractivity contribution in [3.8, 4) is 0 Å². The Morgan fingerprint density at radius 3 is 2.29 bits per heavy atom. The Morgan fingerprint density at radius 1 is 1.32 bits per heavy atom. The fourth-order valence-electron chi connectivity index (χ4n) is 1.75. The molecule has 0 saturated carbocycles. The first-order valence-corrected chi connectivity index (χ1v) is 9.25. The molecule has 18 heteroatoms. The molecule has 1 aliphatic heterocycles. The number of anilines is 1. The SMILES string of the molecule is CCC1=CN(S(C)(=O)=O)Nc2nc(=O)n(SCC(N)C(=O)O)n21.O.O.O.O.O. The number of carboxylic acid groups (broad SMARTS) is 1. The highest BCUT2D eigenvalue weighted by Crippen LogP contribution is 2.24. The van der Waals surface area contributed by atoms with Crippen molar-refractivity contribution in [3.05, 3.63) is 16.7 Å². The van der Waals surface area contributed by atoms with E-state index >= 15 is 0 Å². The molecule has 2 heterocycles. The predicted molar refractivity (Wildman–Crippen MR) is 103 cm³/mol. The summed E-state index contributed by atoms with van der Waals surface area (Å²) in [7, 11) is -3.58.